The Morgan fingerprint density at radius 3 is 2.59 bits per heavy atom. The van der Waals surface area contributed by atoms with Crippen molar-refractivity contribution in [3.05, 3.63) is 87.2 Å². The third-order valence-corrected chi connectivity index (χ3v) is 4.64. The third kappa shape index (κ3) is 3.73. The first-order valence-electron chi connectivity index (χ1n) is 8.88. The summed E-state index contributed by atoms with van der Waals surface area (Å²) >= 11 is 0. The van der Waals surface area contributed by atoms with E-state index >= 15 is 0 Å². The number of fused-ring (bicyclic) bond motifs is 1. The van der Waals surface area contributed by atoms with Crippen LogP contribution in [-0.2, 0) is 6.54 Å². The smallest absolute Gasteiger partial charge is 0.310 e. The van der Waals surface area contributed by atoms with Gasteiger partial charge in [-0.1, -0.05) is 6.07 Å². The van der Waals surface area contributed by atoms with Crippen LogP contribution < -0.4 is 10.9 Å². The number of rotatable bonds is 4. The molecule has 2 N–H and O–H groups in total. The molecule has 0 unspecified atom stereocenters. The molecule has 0 amide bonds. The highest BCUT2D eigenvalue weighted by molar-refractivity contribution is 5.86. The molecule has 2 aromatic carbocycles. The van der Waals surface area contributed by atoms with Crippen molar-refractivity contribution in [1.29, 1.82) is 0 Å². The van der Waals surface area contributed by atoms with E-state index in [2.05, 4.69) is 15.3 Å². The molecule has 0 aliphatic carbocycles. The molecule has 0 aliphatic heterocycles. The molecule has 2 aromatic heterocycles. The van der Waals surface area contributed by atoms with Gasteiger partial charge in [-0.05, 0) is 55.3 Å². The maximum atomic E-state index is 13.9. The van der Waals surface area contributed by atoms with E-state index in [1.807, 2.05) is 32.0 Å². The molecule has 0 bridgehead atoms. The van der Waals surface area contributed by atoms with E-state index in [1.165, 1.54) is 10.6 Å². The Labute approximate surface area is 163 Å². The number of nitrogens with zero attached hydrogens (tertiary/aromatic N) is 2. The molecule has 0 spiro atoms. The zero-order valence-corrected chi connectivity index (χ0v) is 15.7. The van der Waals surface area contributed by atoms with Gasteiger partial charge in [-0.25, -0.2) is 8.78 Å². The fourth-order valence-corrected chi connectivity index (χ4v) is 3.21. The number of H-pyrrole nitrogens is 1. The Hall–Kier alpha value is -3.55. The number of aromatic amines is 1. The Balaban J connectivity index is 1.75. The van der Waals surface area contributed by atoms with E-state index in [9.17, 15) is 18.0 Å². The number of hydrogen-bond acceptors (Lipinski definition) is 3. The van der Waals surface area contributed by atoms with E-state index in [1.54, 1.807) is 0 Å². The standard InChI is InChI=1S/C21H17F3N4O/c1-11-5-19-14(6-12(2)25-19)8-18(11)26-21-27-20(29)17(24)10-28(21)9-13-3-4-15(22)16(23)7-13/h3-8,10,25H,9H2,1-2H3,(H,26,27,29). The Morgan fingerprint density at radius 2 is 1.83 bits per heavy atom. The number of hydrogen-bond donors (Lipinski definition) is 2. The fraction of sp³-hybridized carbons (Fsp3) is 0.143. The van der Waals surface area contributed by atoms with Crippen LogP contribution in [0.3, 0.4) is 0 Å². The van der Waals surface area contributed by atoms with E-state index in [0.29, 0.717) is 11.3 Å². The molecule has 29 heavy (non-hydrogen) atoms. The lowest BCUT2D eigenvalue weighted by Crippen LogP contribution is -2.20. The summed E-state index contributed by atoms with van der Waals surface area (Å²) in [5.41, 5.74) is 2.94. The van der Waals surface area contributed by atoms with Crippen molar-refractivity contribution in [2.24, 2.45) is 0 Å². The van der Waals surface area contributed by atoms with Crippen LogP contribution in [0.2, 0.25) is 0 Å². The number of nitrogens with one attached hydrogen (secondary N) is 2. The van der Waals surface area contributed by atoms with Crippen molar-refractivity contribution in [3.63, 3.8) is 0 Å². The number of halogens is 3. The highest BCUT2D eigenvalue weighted by Gasteiger charge is 2.12. The highest BCUT2D eigenvalue weighted by Crippen LogP contribution is 2.26. The molecule has 0 fully saturated rings. The van der Waals surface area contributed by atoms with Gasteiger partial charge in [-0.15, -0.1) is 0 Å². The predicted molar refractivity (Wildman–Crippen MR) is 105 cm³/mol. The lowest BCUT2D eigenvalue weighted by atomic mass is 10.1. The van der Waals surface area contributed by atoms with Gasteiger partial charge < -0.3 is 14.9 Å². The minimum atomic E-state index is -1.04. The molecule has 8 heteroatoms. The second-order valence-corrected chi connectivity index (χ2v) is 6.93. The Morgan fingerprint density at radius 1 is 1.03 bits per heavy atom. The summed E-state index contributed by atoms with van der Waals surface area (Å²) in [6.45, 7) is 3.83. The number of benzene rings is 2. The van der Waals surface area contributed by atoms with Gasteiger partial charge in [0.1, 0.15) is 0 Å². The first-order valence-corrected chi connectivity index (χ1v) is 8.88. The van der Waals surface area contributed by atoms with Gasteiger partial charge in [0.25, 0.3) is 0 Å². The maximum Gasteiger partial charge on any atom is 0.310 e. The summed E-state index contributed by atoms with van der Waals surface area (Å²) in [7, 11) is 0. The van der Waals surface area contributed by atoms with Gasteiger partial charge in [0, 0.05) is 28.5 Å². The molecule has 0 saturated heterocycles. The van der Waals surface area contributed by atoms with Crippen molar-refractivity contribution < 1.29 is 13.2 Å². The van der Waals surface area contributed by atoms with Gasteiger partial charge in [0.15, 0.2) is 11.6 Å². The average Bonchev–Trinajstić information content (AvgIpc) is 3.01. The zero-order valence-electron chi connectivity index (χ0n) is 15.7. The monoisotopic (exact) mass is 398 g/mol. The fourth-order valence-electron chi connectivity index (χ4n) is 3.21. The molecule has 0 atom stereocenters. The van der Waals surface area contributed by atoms with Crippen molar-refractivity contribution in [3.8, 4) is 0 Å². The third-order valence-electron chi connectivity index (χ3n) is 4.64. The van der Waals surface area contributed by atoms with Crippen molar-refractivity contribution in [2.45, 2.75) is 20.4 Å². The second-order valence-electron chi connectivity index (χ2n) is 6.93. The number of aromatic nitrogens is 3. The SMILES string of the molecule is Cc1cc2cc(Nc3nc(=O)c(F)cn3Cc3ccc(F)c(F)c3)c(C)cc2[nH]1. The molecule has 5 nitrogen and oxygen atoms in total. The lowest BCUT2D eigenvalue weighted by Gasteiger charge is -2.16. The minimum absolute atomic E-state index is 0.00567. The van der Waals surface area contributed by atoms with Gasteiger partial charge >= 0.3 is 5.56 Å². The summed E-state index contributed by atoms with van der Waals surface area (Å²) in [5.74, 6) is -2.92. The molecule has 0 saturated carbocycles. The van der Waals surface area contributed by atoms with E-state index in [0.717, 1.165) is 40.5 Å². The second kappa shape index (κ2) is 7.12. The first-order chi connectivity index (χ1) is 13.8. The van der Waals surface area contributed by atoms with Crippen LogP contribution in [0.4, 0.5) is 24.8 Å². The van der Waals surface area contributed by atoms with Crippen LogP contribution in [0, 0.1) is 31.3 Å². The Bertz CT molecular complexity index is 1290. The number of anilines is 2. The van der Waals surface area contributed by atoms with E-state index < -0.39 is 23.0 Å². The van der Waals surface area contributed by atoms with Gasteiger partial charge in [-0.3, -0.25) is 4.79 Å². The van der Waals surface area contributed by atoms with Crippen LogP contribution in [0.5, 0.6) is 0 Å². The molecule has 148 valence electrons. The van der Waals surface area contributed by atoms with Crippen molar-refractivity contribution in [2.75, 3.05) is 5.32 Å². The summed E-state index contributed by atoms with van der Waals surface area (Å²) in [6, 6.07) is 9.23. The molecule has 0 aliphatic rings. The van der Waals surface area contributed by atoms with Crippen LogP contribution in [0.15, 0.2) is 47.4 Å². The minimum Gasteiger partial charge on any atom is -0.359 e. The highest BCUT2D eigenvalue weighted by atomic mass is 19.2. The first kappa shape index (κ1) is 18.8. The summed E-state index contributed by atoms with van der Waals surface area (Å²) in [6.07, 6.45) is 0.993. The van der Waals surface area contributed by atoms with Gasteiger partial charge in [0.2, 0.25) is 11.8 Å². The van der Waals surface area contributed by atoms with Gasteiger partial charge in [-0.2, -0.15) is 9.37 Å². The lowest BCUT2D eigenvalue weighted by molar-refractivity contribution is 0.506. The van der Waals surface area contributed by atoms with Crippen LogP contribution in [0.25, 0.3) is 10.9 Å². The van der Waals surface area contributed by atoms with Gasteiger partial charge in [0.05, 0.1) is 6.54 Å². The van der Waals surface area contributed by atoms with E-state index in [-0.39, 0.29) is 12.5 Å². The van der Waals surface area contributed by atoms with E-state index in [4.69, 9.17) is 0 Å². The molecular weight excluding hydrogens is 381 g/mol. The summed E-state index contributed by atoms with van der Waals surface area (Å²) in [5, 5.41) is 4.02. The zero-order chi connectivity index (χ0) is 20.7. The topological polar surface area (TPSA) is 62.7 Å². The summed E-state index contributed by atoms with van der Waals surface area (Å²) in [4.78, 5) is 18.8. The van der Waals surface area contributed by atoms with Crippen LogP contribution in [0.1, 0.15) is 16.8 Å². The normalized spacial score (nSPS) is 11.2. The summed E-state index contributed by atoms with van der Waals surface area (Å²) < 4.78 is 41.9. The molecule has 2 heterocycles. The average molecular weight is 398 g/mol. The predicted octanol–water partition coefficient (Wildman–Crippen LogP) is 4.55. The Kier molecular flexibility index (Phi) is 4.62. The van der Waals surface area contributed by atoms with Crippen molar-refractivity contribution >= 4 is 22.5 Å². The number of aryl methyl sites for hydroxylation is 2. The quantitative estimate of drug-likeness (QED) is 0.530. The molecule has 4 aromatic rings. The largest absolute Gasteiger partial charge is 0.359 e. The molecule has 0 radical (unpaired) electrons. The van der Waals surface area contributed by atoms with Crippen LogP contribution in [-0.4, -0.2) is 14.5 Å². The van der Waals surface area contributed by atoms with Crippen LogP contribution >= 0.6 is 0 Å². The molecule has 4 rings (SSSR count). The maximum absolute atomic E-state index is 13.9. The van der Waals surface area contributed by atoms with Crippen molar-refractivity contribution in [1.82, 2.24) is 14.5 Å². The molecular formula is C21H17F3N4O.